The highest BCUT2D eigenvalue weighted by atomic mass is 16.5. The zero-order valence-electron chi connectivity index (χ0n) is 17.2. The van der Waals surface area contributed by atoms with E-state index in [0.717, 1.165) is 50.0 Å². The number of fused-ring (bicyclic) bond motifs is 3. The van der Waals surface area contributed by atoms with Crippen molar-refractivity contribution in [3.8, 4) is 17.7 Å². The lowest BCUT2D eigenvalue weighted by Crippen LogP contribution is -2.58. The number of pyridine rings is 1. The molecule has 29 heavy (non-hydrogen) atoms. The maximum atomic E-state index is 11.1. The van der Waals surface area contributed by atoms with Crippen molar-refractivity contribution in [2.24, 2.45) is 5.92 Å². The van der Waals surface area contributed by atoms with Gasteiger partial charge in [-0.1, -0.05) is 55.5 Å². The lowest BCUT2D eigenvalue weighted by atomic mass is 9.75. The standard InChI is InChI=1S/C25H30N2O2/c1-2-3-17-29-24-10-9-21(23(26-24)18-20-7-5-4-6-8-20)11-14-25(28)19-27-15-12-22(25)13-16-27/h4-10,22,28H,2-3,12-13,15-19H2,1H3. The van der Waals surface area contributed by atoms with Crippen molar-refractivity contribution < 1.29 is 9.84 Å². The van der Waals surface area contributed by atoms with Crippen LogP contribution in [0.2, 0.25) is 0 Å². The third-order valence-corrected chi connectivity index (χ3v) is 6.05. The van der Waals surface area contributed by atoms with Gasteiger partial charge in [0.1, 0.15) is 5.60 Å². The fraction of sp³-hybridized carbons (Fsp3) is 0.480. The molecular weight excluding hydrogens is 360 g/mol. The Morgan fingerprint density at radius 3 is 2.66 bits per heavy atom. The van der Waals surface area contributed by atoms with E-state index >= 15 is 0 Å². The summed E-state index contributed by atoms with van der Waals surface area (Å²) >= 11 is 0. The van der Waals surface area contributed by atoms with Crippen LogP contribution in [-0.2, 0) is 6.42 Å². The SMILES string of the molecule is CCCCOc1ccc(C#CC2(O)CN3CCC2CC3)c(Cc2ccccc2)n1. The lowest BCUT2D eigenvalue weighted by Gasteiger charge is -2.47. The molecule has 0 radical (unpaired) electrons. The largest absolute Gasteiger partial charge is 0.478 e. The average Bonchev–Trinajstić information content (AvgIpc) is 2.75. The first-order chi connectivity index (χ1) is 14.2. The van der Waals surface area contributed by atoms with Gasteiger partial charge in [-0.15, -0.1) is 0 Å². The zero-order valence-corrected chi connectivity index (χ0v) is 17.2. The summed E-state index contributed by atoms with van der Waals surface area (Å²) in [5.74, 6) is 7.43. The van der Waals surface area contributed by atoms with Crippen LogP contribution in [0.15, 0.2) is 42.5 Å². The smallest absolute Gasteiger partial charge is 0.213 e. The van der Waals surface area contributed by atoms with Gasteiger partial charge in [-0.3, -0.25) is 4.90 Å². The van der Waals surface area contributed by atoms with Gasteiger partial charge in [0, 0.05) is 30.5 Å². The Morgan fingerprint density at radius 2 is 1.97 bits per heavy atom. The van der Waals surface area contributed by atoms with E-state index in [1.165, 1.54) is 5.56 Å². The molecule has 1 N–H and O–H groups in total. The fourth-order valence-corrected chi connectivity index (χ4v) is 4.28. The topological polar surface area (TPSA) is 45.6 Å². The van der Waals surface area contributed by atoms with E-state index in [2.05, 4.69) is 35.8 Å². The molecule has 0 aliphatic carbocycles. The fourth-order valence-electron chi connectivity index (χ4n) is 4.28. The number of aliphatic hydroxyl groups is 1. The molecule has 5 rings (SSSR count). The van der Waals surface area contributed by atoms with Crippen molar-refractivity contribution in [2.45, 2.75) is 44.6 Å². The molecule has 2 aromatic rings. The zero-order chi connectivity index (χ0) is 20.1. The molecule has 0 spiro atoms. The first kappa shape index (κ1) is 19.9. The van der Waals surface area contributed by atoms with Crippen LogP contribution in [0.3, 0.4) is 0 Å². The van der Waals surface area contributed by atoms with Gasteiger partial charge < -0.3 is 9.84 Å². The molecule has 152 valence electrons. The van der Waals surface area contributed by atoms with E-state index in [4.69, 9.17) is 9.72 Å². The second-order valence-electron chi connectivity index (χ2n) is 8.23. The van der Waals surface area contributed by atoms with Crippen LogP contribution in [0.25, 0.3) is 0 Å². The predicted octanol–water partition coefficient (Wildman–Crippen LogP) is 3.66. The number of hydrogen-bond donors (Lipinski definition) is 1. The average molecular weight is 391 g/mol. The lowest BCUT2D eigenvalue weighted by molar-refractivity contribution is -0.0713. The van der Waals surface area contributed by atoms with E-state index in [1.54, 1.807) is 0 Å². The Morgan fingerprint density at radius 1 is 1.17 bits per heavy atom. The summed E-state index contributed by atoms with van der Waals surface area (Å²) < 4.78 is 5.82. The minimum absolute atomic E-state index is 0.280. The van der Waals surface area contributed by atoms with Crippen molar-refractivity contribution in [3.05, 3.63) is 59.3 Å². The monoisotopic (exact) mass is 390 g/mol. The molecule has 1 atom stereocenters. The summed E-state index contributed by atoms with van der Waals surface area (Å²) in [4.78, 5) is 7.08. The number of piperidine rings is 3. The highest BCUT2D eigenvalue weighted by Gasteiger charge is 2.44. The van der Waals surface area contributed by atoms with Crippen LogP contribution < -0.4 is 4.74 Å². The van der Waals surface area contributed by atoms with Crippen molar-refractivity contribution >= 4 is 0 Å². The van der Waals surface area contributed by atoms with E-state index < -0.39 is 5.60 Å². The molecule has 4 heteroatoms. The summed E-state index contributed by atoms with van der Waals surface area (Å²) in [6.45, 7) is 5.65. The molecule has 3 aliphatic heterocycles. The minimum atomic E-state index is -0.906. The van der Waals surface area contributed by atoms with Gasteiger partial charge in [-0.2, -0.15) is 0 Å². The number of nitrogens with zero attached hydrogens (tertiary/aromatic N) is 2. The normalized spacial score (nSPS) is 25.3. The van der Waals surface area contributed by atoms with Crippen LogP contribution in [0.1, 0.15) is 49.4 Å². The third kappa shape index (κ3) is 4.80. The predicted molar refractivity (Wildman–Crippen MR) is 115 cm³/mol. The number of benzene rings is 1. The number of aromatic nitrogens is 1. The van der Waals surface area contributed by atoms with Crippen LogP contribution in [-0.4, -0.2) is 46.8 Å². The maximum absolute atomic E-state index is 11.1. The molecule has 0 amide bonds. The minimum Gasteiger partial charge on any atom is -0.478 e. The number of hydrogen-bond acceptors (Lipinski definition) is 4. The van der Waals surface area contributed by atoms with E-state index in [-0.39, 0.29) is 5.92 Å². The molecule has 1 aromatic carbocycles. The van der Waals surface area contributed by atoms with Crippen LogP contribution in [0.4, 0.5) is 0 Å². The second kappa shape index (κ2) is 8.98. The summed E-state index contributed by atoms with van der Waals surface area (Å²) in [6, 6.07) is 14.2. The second-order valence-corrected chi connectivity index (χ2v) is 8.23. The molecule has 3 saturated heterocycles. The quantitative estimate of drug-likeness (QED) is 0.604. The van der Waals surface area contributed by atoms with Gasteiger partial charge in [-0.25, -0.2) is 4.98 Å². The summed E-state index contributed by atoms with van der Waals surface area (Å²) in [7, 11) is 0. The van der Waals surface area contributed by atoms with Gasteiger partial charge in [-0.05, 0) is 44.0 Å². The first-order valence-corrected chi connectivity index (χ1v) is 10.8. The molecule has 2 bridgehead atoms. The molecule has 0 saturated carbocycles. The van der Waals surface area contributed by atoms with Gasteiger partial charge in [0.05, 0.1) is 12.3 Å². The summed E-state index contributed by atoms with van der Waals surface area (Å²) in [5.41, 5.74) is 2.07. The van der Waals surface area contributed by atoms with Crippen molar-refractivity contribution in [1.29, 1.82) is 0 Å². The Hall–Kier alpha value is -2.35. The van der Waals surface area contributed by atoms with Gasteiger partial charge in [0.15, 0.2) is 0 Å². The molecule has 4 nitrogen and oxygen atoms in total. The third-order valence-electron chi connectivity index (χ3n) is 6.05. The molecule has 1 unspecified atom stereocenters. The molecule has 3 fully saturated rings. The Kier molecular flexibility index (Phi) is 6.18. The van der Waals surface area contributed by atoms with Crippen LogP contribution in [0.5, 0.6) is 5.88 Å². The Labute approximate surface area is 173 Å². The van der Waals surface area contributed by atoms with Crippen LogP contribution in [0, 0.1) is 17.8 Å². The number of unbranched alkanes of at least 4 members (excludes halogenated alkanes) is 1. The highest BCUT2D eigenvalue weighted by Crippen LogP contribution is 2.35. The van der Waals surface area contributed by atoms with E-state index in [9.17, 15) is 5.11 Å². The van der Waals surface area contributed by atoms with Crippen LogP contribution >= 0.6 is 0 Å². The first-order valence-electron chi connectivity index (χ1n) is 10.8. The Balaban J connectivity index is 1.60. The van der Waals surface area contributed by atoms with Gasteiger partial charge in [0.2, 0.25) is 5.88 Å². The maximum Gasteiger partial charge on any atom is 0.213 e. The van der Waals surface area contributed by atoms with Gasteiger partial charge in [0.25, 0.3) is 0 Å². The van der Waals surface area contributed by atoms with E-state index in [1.807, 2.05) is 30.3 Å². The number of ether oxygens (including phenoxy) is 1. The summed E-state index contributed by atoms with van der Waals surface area (Å²) in [6.07, 6.45) is 4.87. The van der Waals surface area contributed by atoms with Crippen molar-refractivity contribution in [3.63, 3.8) is 0 Å². The molecule has 4 heterocycles. The summed E-state index contributed by atoms with van der Waals surface area (Å²) in [5, 5.41) is 11.1. The highest BCUT2D eigenvalue weighted by molar-refractivity contribution is 5.44. The molecule has 3 aliphatic rings. The molecular formula is C25H30N2O2. The molecule has 1 aromatic heterocycles. The van der Waals surface area contributed by atoms with Gasteiger partial charge >= 0.3 is 0 Å². The van der Waals surface area contributed by atoms with E-state index in [0.29, 0.717) is 25.5 Å². The van der Waals surface area contributed by atoms with Crippen molar-refractivity contribution in [1.82, 2.24) is 9.88 Å². The Bertz CT molecular complexity index is 879. The van der Waals surface area contributed by atoms with Crippen molar-refractivity contribution in [2.75, 3.05) is 26.2 Å². The number of rotatable bonds is 6.